The second-order valence-electron chi connectivity index (χ2n) is 7.64. The molecule has 1 saturated heterocycles. The van der Waals surface area contributed by atoms with Gasteiger partial charge in [0, 0.05) is 19.1 Å². The van der Waals surface area contributed by atoms with Gasteiger partial charge in [0.25, 0.3) is 0 Å². The van der Waals surface area contributed by atoms with Crippen LogP contribution in [0, 0.1) is 5.92 Å². The minimum atomic E-state index is -0.184. The van der Waals surface area contributed by atoms with Crippen LogP contribution in [0.15, 0.2) is 28.0 Å². The zero-order valence-electron chi connectivity index (χ0n) is 16.7. The quantitative estimate of drug-likeness (QED) is 0.653. The topological polar surface area (TPSA) is 64.2 Å². The minimum Gasteiger partial charge on any atom is -0.461 e. The molecule has 3 rings (SSSR count). The molecule has 1 fully saturated rings. The first kappa shape index (κ1) is 20.0. The molecular formula is C20H30N4O2S. The van der Waals surface area contributed by atoms with E-state index >= 15 is 0 Å². The molecule has 2 atom stereocenters. The van der Waals surface area contributed by atoms with Gasteiger partial charge in [0.1, 0.15) is 0 Å². The van der Waals surface area contributed by atoms with Crippen LogP contribution in [0.3, 0.4) is 0 Å². The van der Waals surface area contributed by atoms with Gasteiger partial charge in [0.2, 0.25) is 5.91 Å². The molecule has 1 amide bonds. The van der Waals surface area contributed by atoms with Gasteiger partial charge in [-0.2, -0.15) is 0 Å². The van der Waals surface area contributed by atoms with E-state index in [4.69, 9.17) is 4.42 Å². The summed E-state index contributed by atoms with van der Waals surface area (Å²) in [4.78, 5) is 15.2. The Morgan fingerprint density at radius 1 is 1.33 bits per heavy atom. The van der Waals surface area contributed by atoms with E-state index in [9.17, 15) is 4.79 Å². The molecule has 6 nitrogen and oxygen atoms in total. The van der Waals surface area contributed by atoms with Crippen molar-refractivity contribution in [2.24, 2.45) is 5.92 Å². The Morgan fingerprint density at radius 2 is 2.15 bits per heavy atom. The lowest BCUT2D eigenvalue weighted by molar-refractivity contribution is -0.134. The van der Waals surface area contributed by atoms with E-state index < -0.39 is 0 Å². The van der Waals surface area contributed by atoms with Crippen molar-refractivity contribution < 1.29 is 9.21 Å². The number of nitrogens with zero attached hydrogens (tertiary/aromatic N) is 4. The summed E-state index contributed by atoms with van der Waals surface area (Å²) < 4.78 is 7.60. The summed E-state index contributed by atoms with van der Waals surface area (Å²) in [5, 5.41) is 9.31. The van der Waals surface area contributed by atoms with Crippen LogP contribution in [-0.4, -0.2) is 43.4 Å². The number of likely N-dealkylation sites (tertiary alicyclic amines) is 1. The molecule has 2 aromatic rings. The summed E-state index contributed by atoms with van der Waals surface area (Å²) in [6, 6.07) is 4.12. The van der Waals surface area contributed by atoms with E-state index in [1.807, 2.05) is 19.1 Å². The molecule has 148 valence electrons. The fourth-order valence-electron chi connectivity index (χ4n) is 3.65. The second-order valence-corrected chi connectivity index (χ2v) is 8.95. The lowest BCUT2D eigenvalue weighted by Gasteiger charge is -2.36. The number of hydrogen-bond donors (Lipinski definition) is 0. The summed E-state index contributed by atoms with van der Waals surface area (Å²) >= 11 is 1.50. The maximum absolute atomic E-state index is 13.1. The Bertz CT molecular complexity index is 741. The van der Waals surface area contributed by atoms with Gasteiger partial charge >= 0.3 is 0 Å². The number of amides is 1. The van der Waals surface area contributed by atoms with E-state index in [1.165, 1.54) is 18.2 Å². The van der Waals surface area contributed by atoms with Crippen LogP contribution in [-0.2, 0) is 11.3 Å². The molecule has 0 aliphatic carbocycles. The number of aromatic nitrogens is 3. The number of furan rings is 1. The third-order valence-corrected chi connectivity index (χ3v) is 6.09. The second kappa shape index (κ2) is 8.95. The molecule has 0 spiro atoms. The van der Waals surface area contributed by atoms with Gasteiger partial charge < -0.3 is 9.32 Å². The highest BCUT2D eigenvalue weighted by atomic mass is 32.2. The van der Waals surface area contributed by atoms with E-state index in [0.29, 0.717) is 17.7 Å². The van der Waals surface area contributed by atoms with Gasteiger partial charge in [0.05, 0.1) is 11.5 Å². The maximum atomic E-state index is 13.1. The molecule has 0 saturated carbocycles. The van der Waals surface area contributed by atoms with E-state index in [0.717, 1.165) is 43.3 Å². The van der Waals surface area contributed by atoms with Crippen LogP contribution < -0.4 is 0 Å². The van der Waals surface area contributed by atoms with E-state index in [2.05, 4.69) is 40.4 Å². The molecular weight excluding hydrogens is 360 g/mol. The Morgan fingerprint density at radius 3 is 2.81 bits per heavy atom. The van der Waals surface area contributed by atoms with Gasteiger partial charge in [-0.3, -0.25) is 9.36 Å². The van der Waals surface area contributed by atoms with Crippen molar-refractivity contribution in [1.82, 2.24) is 19.7 Å². The number of carbonyl (C=O) groups is 1. The van der Waals surface area contributed by atoms with E-state index in [-0.39, 0.29) is 11.2 Å². The number of carbonyl (C=O) groups excluding carboxylic acids is 1. The van der Waals surface area contributed by atoms with Crippen molar-refractivity contribution in [2.75, 3.05) is 6.54 Å². The van der Waals surface area contributed by atoms with Crippen molar-refractivity contribution in [2.45, 2.75) is 76.4 Å². The highest BCUT2D eigenvalue weighted by Crippen LogP contribution is 2.30. The third kappa shape index (κ3) is 4.57. The molecule has 1 aliphatic rings. The summed E-state index contributed by atoms with van der Waals surface area (Å²) in [5.74, 6) is 2.08. The standard InChI is InChI=1S/C20H30N4O2S/c1-5-16-9-6-7-11-23(16)19(25)15(4)27-20-22-21-18(17-10-8-12-26-17)24(20)13-14(2)3/h8,10,12,14-16H,5-7,9,11,13H2,1-4H3. The van der Waals surface area contributed by atoms with Crippen LogP contribution in [0.5, 0.6) is 0 Å². The minimum absolute atomic E-state index is 0.184. The third-order valence-electron chi connectivity index (χ3n) is 5.02. The number of thioether (sulfide) groups is 1. The molecule has 0 N–H and O–H groups in total. The van der Waals surface area contributed by atoms with Gasteiger partial charge in [-0.15, -0.1) is 10.2 Å². The summed E-state index contributed by atoms with van der Waals surface area (Å²) in [6.07, 6.45) is 6.11. The molecule has 3 heterocycles. The van der Waals surface area contributed by atoms with E-state index in [1.54, 1.807) is 6.26 Å². The van der Waals surface area contributed by atoms with Crippen LogP contribution in [0.1, 0.15) is 53.4 Å². The fraction of sp³-hybridized carbons (Fsp3) is 0.650. The molecule has 7 heteroatoms. The highest BCUT2D eigenvalue weighted by Gasteiger charge is 2.30. The summed E-state index contributed by atoms with van der Waals surface area (Å²) in [5.41, 5.74) is 0. The fourth-order valence-corrected chi connectivity index (χ4v) is 4.58. The van der Waals surface area contributed by atoms with Gasteiger partial charge in [-0.05, 0) is 50.7 Å². The van der Waals surface area contributed by atoms with Crippen molar-refractivity contribution in [3.8, 4) is 11.6 Å². The largest absolute Gasteiger partial charge is 0.461 e. The molecule has 0 bridgehead atoms. The van der Waals surface area contributed by atoms with Crippen LogP contribution in [0.2, 0.25) is 0 Å². The Kier molecular flexibility index (Phi) is 6.63. The van der Waals surface area contributed by atoms with Crippen molar-refractivity contribution in [3.05, 3.63) is 18.4 Å². The number of rotatable bonds is 7. The average Bonchev–Trinajstić information content (AvgIpc) is 3.31. The molecule has 27 heavy (non-hydrogen) atoms. The highest BCUT2D eigenvalue weighted by molar-refractivity contribution is 8.00. The van der Waals surface area contributed by atoms with Crippen LogP contribution >= 0.6 is 11.8 Å². The van der Waals surface area contributed by atoms with Crippen molar-refractivity contribution in [1.29, 1.82) is 0 Å². The lowest BCUT2D eigenvalue weighted by atomic mass is 10.00. The zero-order chi connectivity index (χ0) is 19.4. The van der Waals surface area contributed by atoms with Crippen LogP contribution in [0.4, 0.5) is 0 Å². The molecule has 1 aliphatic heterocycles. The zero-order valence-corrected chi connectivity index (χ0v) is 17.5. The van der Waals surface area contributed by atoms with Gasteiger partial charge in [-0.1, -0.05) is 32.5 Å². The number of piperidine rings is 1. The Labute approximate surface area is 165 Å². The summed E-state index contributed by atoms with van der Waals surface area (Å²) in [7, 11) is 0. The smallest absolute Gasteiger partial charge is 0.236 e. The average molecular weight is 391 g/mol. The molecule has 2 aromatic heterocycles. The Hall–Kier alpha value is -1.76. The molecule has 0 radical (unpaired) electrons. The van der Waals surface area contributed by atoms with Crippen LogP contribution in [0.25, 0.3) is 11.6 Å². The van der Waals surface area contributed by atoms with Crippen molar-refractivity contribution in [3.63, 3.8) is 0 Å². The SMILES string of the molecule is CCC1CCCCN1C(=O)C(C)Sc1nnc(-c2ccco2)n1CC(C)C. The predicted octanol–water partition coefficient (Wildman–Crippen LogP) is 4.47. The first-order chi connectivity index (χ1) is 13.0. The first-order valence-corrected chi connectivity index (χ1v) is 10.8. The molecule has 2 unspecified atom stereocenters. The number of hydrogen-bond acceptors (Lipinski definition) is 5. The van der Waals surface area contributed by atoms with Gasteiger partial charge in [-0.25, -0.2) is 0 Å². The van der Waals surface area contributed by atoms with Gasteiger partial charge in [0.15, 0.2) is 16.7 Å². The lowest BCUT2D eigenvalue weighted by Crippen LogP contribution is -2.46. The Balaban J connectivity index is 1.79. The van der Waals surface area contributed by atoms with Crippen molar-refractivity contribution >= 4 is 17.7 Å². The summed E-state index contributed by atoms with van der Waals surface area (Å²) in [6.45, 7) is 10.1. The predicted molar refractivity (Wildman–Crippen MR) is 108 cm³/mol. The normalized spacial score (nSPS) is 18.9. The monoisotopic (exact) mass is 390 g/mol. The maximum Gasteiger partial charge on any atom is 0.236 e. The first-order valence-electron chi connectivity index (χ1n) is 9.95. The molecule has 0 aromatic carbocycles.